The third kappa shape index (κ3) is 4.52. The van der Waals surface area contributed by atoms with Crippen molar-refractivity contribution in [1.29, 1.82) is 0 Å². The zero-order valence-corrected chi connectivity index (χ0v) is 10.1. The van der Waals surface area contributed by atoms with Gasteiger partial charge >= 0.3 is 6.18 Å². The smallest absolute Gasteiger partial charge is 0.390 e. The van der Waals surface area contributed by atoms with E-state index in [1.807, 2.05) is 0 Å². The Balaban J connectivity index is 2.74. The van der Waals surface area contributed by atoms with Gasteiger partial charge in [-0.3, -0.25) is 0 Å². The first-order valence-corrected chi connectivity index (χ1v) is 5.42. The molecule has 2 nitrogen and oxygen atoms in total. The molecular formula is C12H15F4NO. The fraction of sp³-hybridized carbons (Fsp3) is 0.500. The van der Waals surface area contributed by atoms with Crippen molar-refractivity contribution >= 4 is 5.69 Å². The summed E-state index contributed by atoms with van der Waals surface area (Å²) in [5.74, 6) is -1.30. The standard InChI is InChI=1S/C12H15F4NO/c1-11(2,18)5-6-17-8-3-4-10(13)9(7-8)12(14,15)16/h3-4,7,17-18H,5-6H2,1-2H3. The van der Waals surface area contributed by atoms with Crippen LogP contribution in [0.25, 0.3) is 0 Å². The molecule has 0 aliphatic carbocycles. The van der Waals surface area contributed by atoms with Gasteiger partial charge < -0.3 is 10.4 Å². The normalized spacial score (nSPS) is 12.6. The molecule has 0 spiro atoms. The van der Waals surface area contributed by atoms with E-state index in [0.717, 1.165) is 12.1 Å². The first-order chi connectivity index (χ1) is 8.09. The van der Waals surface area contributed by atoms with E-state index in [4.69, 9.17) is 0 Å². The number of hydrogen-bond acceptors (Lipinski definition) is 2. The van der Waals surface area contributed by atoms with Crippen molar-refractivity contribution in [3.05, 3.63) is 29.6 Å². The topological polar surface area (TPSA) is 32.3 Å². The van der Waals surface area contributed by atoms with Gasteiger partial charge in [-0.1, -0.05) is 0 Å². The van der Waals surface area contributed by atoms with Crippen LogP contribution in [-0.4, -0.2) is 17.3 Å². The molecule has 0 saturated carbocycles. The molecule has 0 aliphatic rings. The average Bonchev–Trinajstić information content (AvgIpc) is 2.17. The molecule has 0 fully saturated rings. The summed E-state index contributed by atoms with van der Waals surface area (Å²) in [6.45, 7) is 3.49. The van der Waals surface area contributed by atoms with Crippen LogP contribution in [0.2, 0.25) is 0 Å². The van der Waals surface area contributed by atoms with Crippen LogP contribution in [-0.2, 0) is 6.18 Å². The van der Waals surface area contributed by atoms with Crippen LogP contribution < -0.4 is 5.32 Å². The number of benzene rings is 1. The molecule has 1 aromatic rings. The van der Waals surface area contributed by atoms with Gasteiger partial charge in [0.2, 0.25) is 0 Å². The first-order valence-electron chi connectivity index (χ1n) is 5.42. The fourth-order valence-electron chi connectivity index (χ4n) is 1.37. The predicted molar refractivity (Wildman–Crippen MR) is 60.8 cm³/mol. The summed E-state index contributed by atoms with van der Waals surface area (Å²) in [7, 11) is 0. The van der Waals surface area contributed by atoms with Gasteiger partial charge in [0.25, 0.3) is 0 Å². The Morgan fingerprint density at radius 2 is 1.83 bits per heavy atom. The molecule has 2 N–H and O–H groups in total. The lowest BCUT2D eigenvalue weighted by atomic mass is 10.1. The molecule has 0 heterocycles. The van der Waals surface area contributed by atoms with Crippen molar-refractivity contribution in [3.8, 4) is 0 Å². The molecule has 6 heteroatoms. The maximum atomic E-state index is 13.0. The molecule has 0 aromatic heterocycles. The summed E-state index contributed by atoms with van der Waals surface area (Å²) in [6.07, 6.45) is -4.34. The highest BCUT2D eigenvalue weighted by Gasteiger charge is 2.34. The third-order valence-electron chi connectivity index (χ3n) is 2.34. The number of hydrogen-bond donors (Lipinski definition) is 2. The zero-order chi connectivity index (χ0) is 14.0. The highest BCUT2D eigenvalue weighted by molar-refractivity contribution is 5.47. The maximum Gasteiger partial charge on any atom is 0.419 e. The Morgan fingerprint density at radius 1 is 1.22 bits per heavy atom. The Hall–Kier alpha value is -1.30. The van der Waals surface area contributed by atoms with Crippen molar-refractivity contribution in [1.82, 2.24) is 0 Å². The largest absolute Gasteiger partial charge is 0.419 e. The second-order valence-electron chi connectivity index (χ2n) is 4.68. The van der Waals surface area contributed by atoms with E-state index in [9.17, 15) is 22.7 Å². The predicted octanol–water partition coefficient (Wildman–Crippen LogP) is 3.42. The van der Waals surface area contributed by atoms with Gasteiger partial charge in [-0.15, -0.1) is 0 Å². The summed E-state index contributed by atoms with van der Waals surface area (Å²) < 4.78 is 50.3. The van der Waals surface area contributed by atoms with Crippen LogP contribution in [0.5, 0.6) is 0 Å². The second kappa shape index (κ2) is 5.14. The molecular weight excluding hydrogens is 250 g/mol. The van der Waals surface area contributed by atoms with Gasteiger partial charge in [-0.05, 0) is 38.5 Å². The van der Waals surface area contributed by atoms with Crippen molar-refractivity contribution < 1.29 is 22.7 Å². The lowest BCUT2D eigenvalue weighted by Crippen LogP contribution is -2.22. The van der Waals surface area contributed by atoms with Gasteiger partial charge in [0, 0.05) is 12.2 Å². The Morgan fingerprint density at radius 3 is 2.33 bits per heavy atom. The summed E-state index contributed by atoms with van der Waals surface area (Å²) in [5, 5.41) is 12.2. The van der Waals surface area contributed by atoms with Crippen LogP contribution in [0, 0.1) is 5.82 Å². The minimum atomic E-state index is -4.71. The highest BCUT2D eigenvalue weighted by atomic mass is 19.4. The first kappa shape index (κ1) is 14.8. The SMILES string of the molecule is CC(C)(O)CCNc1ccc(F)c(C(F)(F)F)c1. The lowest BCUT2D eigenvalue weighted by Gasteiger charge is -2.18. The summed E-state index contributed by atoms with van der Waals surface area (Å²) in [4.78, 5) is 0. The van der Waals surface area contributed by atoms with E-state index >= 15 is 0 Å². The highest BCUT2D eigenvalue weighted by Crippen LogP contribution is 2.32. The van der Waals surface area contributed by atoms with Crippen molar-refractivity contribution in [2.45, 2.75) is 32.0 Å². The molecule has 0 unspecified atom stereocenters. The third-order valence-corrected chi connectivity index (χ3v) is 2.34. The molecule has 0 bridgehead atoms. The second-order valence-corrected chi connectivity index (χ2v) is 4.68. The van der Waals surface area contributed by atoms with E-state index in [-0.39, 0.29) is 5.69 Å². The van der Waals surface area contributed by atoms with Gasteiger partial charge in [0.15, 0.2) is 0 Å². The molecule has 0 radical (unpaired) electrons. The number of nitrogens with one attached hydrogen (secondary N) is 1. The molecule has 0 amide bonds. The van der Waals surface area contributed by atoms with Gasteiger partial charge in [0.05, 0.1) is 11.2 Å². The minimum Gasteiger partial charge on any atom is -0.390 e. The quantitative estimate of drug-likeness (QED) is 0.818. The molecule has 0 aliphatic heterocycles. The van der Waals surface area contributed by atoms with Gasteiger partial charge in [0.1, 0.15) is 5.82 Å². The maximum absolute atomic E-state index is 13.0. The van der Waals surface area contributed by atoms with E-state index in [1.165, 1.54) is 6.07 Å². The van der Waals surface area contributed by atoms with Crippen LogP contribution in [0.3, 0.4) is 0 Å². The zero-order valence-electron chi connectivity index (χ0n) is 10.1. The van der Waals surface area contributed by atoms with Crippen molar-refractivity contribution in [3.63, 3.8) is 0 Å². The van der Waals surface area contributed by atoms with E-state index in [2.05, 4.69) is 5.32 Å². The minimum absolute atomic E-state index is 0.174. The Labute approximate surface area is 103 Å². The molecule has 102 valence electrons. The van der Waals surface area contributed by atoms with E-state index in [1.54, 1.807) is 13.8 Å². The number of aliphatic hydroxyl groups is 1. The Bertz CT molecular complexity index is 410. The number of rotatable bonds is 4. The molecule has 18 heavy (non-hydrogen) atoms. The average molecular weight is 265 g/mol. The van der Waals surface area contributed by atoms with Crippen molar-refractivity contribution in [2.24, 2.45) is 0 Å². The summed E-state index contributed by atoms with van der Waals surface area (Å²) in [6, 6.07) is 2.73. The van der Waals surface area contributed by atoms with Crippen LogP contribution in [0.4, 0.5) is 23.2 Å². The van der Waals surface area contributed by atoms with Crippen molar-refractivity contribution in [2.75, 3.05) is 11.9 Å². The molecule has 0 atom stereocenters. The molecule has 1 aromatic carbocycles. The number of alkyl halides is 3. The molecule has 1 rings (SSSR count). The monoisotopic (exact) mass is 265 g/mol. The lowest BCUT2D eigenvalue weighted by molar-refractivity contribution is -0.139. The van der Waals surface area contributed by atoms with Gasteiger partial charge in [-0.25, -0.2) is 4.39 Å². The van der Waals surface area contributed by atoms with Crippen LogP contribution in [0.1, 0.15) is 25.8 Å². The number of anilines is 1. The summed E-state index contributed by atoms with van der Waals surface area (Å²) >= 11 is 0. The summed E-state index contributed by atoms with van der Waals surface area (Å²) in [5.41, 5.74) is -2.02. The molecule has 0 saturated heterocycles. The fourth-order valence-corrected chi connectivity index (χ4v) is 1.37. The Kier molecular flexibility index (Phi) is 4.21. The van der Waals surface area contributed by atoms with Crippen LogP contribution in [0.15, 0.2) is 18.2 Å². The van der Waals surface area contributed by atoms with E-state index in [0.29, 0.717) is 13.0 Å². The van der Waals surface area contributed by atoms with E-state index < -0.39 is 23.2 Å². The number of halogens is 4. The van der Waals surface area contributed by atoms with Crippen LogP contribution >= 0.6 is 0 Å². The van der Waals surface area contributed by atoms with Gasteiger partial charge in [-0.2, -0.15) is 13.2 Å².